The van der Waals surface area contributed by atoms with Crippen LogP contribution in [0.2, 0.25) is 0 Å². The molecule has 0 aromatic carbocycles. The van der Waals surface area contributed by atoms with Gasteiger partial charge in [-0.25, -0.2) is 0 Å². The first-order chi connectivity index (χ1) is 3.62. The lowest BCUT2D eigenvalue weighted by molar-refractivity contribution is -0.147. The fourth-order valence-corrected chi connectivity index (χ4v) is 0.625. The van der Waals surface area contributed by atoms with Gasteiger partial charge in [-0.2, -0.15) is 0 Å². The van der Waals surface area contributed by atoms with E-state index in [0.717, 1.165) is 12.8 Å². The molecule has 0 amide bonds. The third-order valence-electron chi connectivity index (χ3n) is 1.34. The first-order valence-electron chi connectivity index (χ1n) is 2.82. The maximum absolute atomic E-state index is 10.3. The van der Waals surface area contributed by atoms with Crippen LogP contribution in [0, 0.1) is 0 Å². The molecule has 0 aromatic heterocycles. The van der Waals surface area contributed by atoms with Gasteiger partial charge < -0.3 is 4.74 Å². The van der Waals surface area contributed by atoms with E-state index in [1.165, 1.54) is 6.92 Å². The summed E-state index contributed by atoms with van der Waals surface area (Å²) in [5, 5.41) is 0. The highest BCUT2D eigenvalue weighted by atomic mass is 16.6. The van der Waals surface area contributed by atoms with Crippen molar-refractivity contribution in [1.29, 1.82) is 0 Å². The average molecular weight is 114 g/mol. The molecule has 2 nitrogen and oxygen atoms in total. The van der Waals surface area contributed by atoms with E-state index >= 15 is 0 Å². The minimum Gasteiger partial charge on any atom is -0.460 e. The first kappa shape index (κ1) is 5.60. The van der Waals surface area contributed by atoms with Crippen molar-refractivity contribution in [2.75, 3.05) is 0 Å². The zero-order valence-corrected chi connectivity index (χ0v) is 5.23. The van der Waals surface area contributed by atoms with E-state index in [1.807, 2.05) is 6.92 Å². The fourth-order valence-electron chi connectivity index (χ4n) is 0.625. The third-order valence-corrected chi connectivity index (χ3v) is 1.34. The molecule has 0 unspecified atom stereocenters. The van der Waals surface area contributed by atoms with Crippen molar-refractivity contribution < 1.29 is 9.53 Å². The van der Waals surface area contributed by atoms with Crippen LogP contribution in [-0.4, -0.2) is 11.6 Å². The molecule has 0 radical (unpaired) electrons. The highest BCUT2D eigenvalue weighted by molar-refractivity contribution is 5.66. The number of carbonyl (C=O) groups excluding carboxylic acids is 1. The van der Waals surface area contributed by atoms with Crippen LogP contribution in [0.5, 0.6) is 0 Å². The number of esters is 1. The standard InChI is InChI=1S/C6H10O2/c1-5(7)8-6(2)3-4-6/h3-4H2,1-2H3. The second-order valence-electron chi connectivity index (χ2n) is 2.54. The summed E-state index contributed by atoms with van der Waals surface area (Å²) in [6, 6.07) is 0. The zero-order chi connectivity index (χ0) is 6.20. The number of ether oxygens (including phenoxy) is 1. The van der Waals surface area contributed by atoms with Gasteiger partial charge in [0.25, 0.3) is 0 Å². The van der Waals surface area contributed by atoms with Gasteiger partial charge in [0.1, 0.15) is 5.60 Å². The minimum atomic E-state index is -0.162. The number of rotatable bonds is 1. The zero-order valence-electron chi connectivity index (χ0n) is 5.23. The lowest BCUT2D eigenvalue weighted by Crippen LogP contribution is -2.11. The molecule has 0 atom stereocenters. The van der Waals surface area contributed by atoms with Gasteiger partial charge in [-0.15, -0.1) is 0 Å². The maximum atomic E-state index is 10.3. The molecule has 46 valence electrons. The molecule has 1 rings (SSSR count). The van der Waals surface area contributed by atoms with Crippen LogP contribution >= 0.6 is 0 Å². The Morgan fingerprint density at radius 2 is 2.12 bits per heavy atom. The lowest BCUT2D eigenvalue weighted by Gasteiger charge is -2.06. The predicted octanol–water partition coefficient (Wildman–Crippen LogP) is 1.10. The van der Waals surface area contributed by atoms with Gasteiger partial charge in [-0.1, -0.05) is 0 Å². The largest absolute Gasteiger partial charge is 0.460 e. The van der Waals surface area contributed by atoms with E-state index in [9.17, 15) is 4.79 Å². The van der Waals surface area contributed by atoms with Crippen molar-refractivity contribution in [2.45, 2.75) is 32.3 Å². The normalized spacial score (nSPS) is 22.2. The van der Waals surface area contributed by atoms with Gasteiger partial charge in [0, 0.05) is 6.92 Å². The van der Waals surface area contributed by atoms with Crippen molar-refractivity contribution in [3.63, 3.8) is 0 Å². The van der Waals surface area contributed by atoms with Gasteiger partial charge in [0.15, 0.2) is 0 Å². The summed E-state index contributed by atoms with van der Waals surface area (Å²) in [4.78, 5) is 10.3. The fraction of sp³-hybridized carbons (Fsp3) is 0.833. The molecule has 1 fully saturated rings. The highest BCUT2D eigenvalue weighted by Crippen LogP contribution is 2.38. The van der Waals surface area contributed by atoms with Gasteiger partial charge in [0.2, 0.25) is 0 Å². The third kappa shape index (κ3) is 1.22. The predicted molar refractivity (Wildman–Crippen MR) is 29.4 cm³/mol. The van der Waals surface area contributed by atoms with E-state index in [2.05, 4.69) is 0 Å². The smallest absolute Gasteiger partial charge is 0.303 e. The Labute approximate surface area is 48.8 Å². The van der Waals surface area contributed by atoms with Crippen LogP contribution in [0.4, 0.5) is 0 Å². The van der Waals surface area contributed by atoms with Crippen LogP contribution in [0.25, 0.3) is 0 Å². The number of hydrogen-bond donors (Lipinski definition) is 0. The summed E-state index contributed by atoms with van der Waals surface area (Å²) in [5.41, 5.74) is -0.0775. The van der Waals surface area contributed by atoms with E-state index < -0.39 is 0 Å². The van der Waals surface area contributed by atoms with Crippen molar-refractivity contribution >= 4 is 5.97 Å². The Bertz CT molecular complexity index is 114. The Balaban J connectivity index is 2.29. The summed E-state index contributed by atoms with van der Waals surface area (Å²) in [7, 11) is 0. The minimum absolute atomic E-state index is 0.0775. The van der Waals surface area contributed by atoms with Gasteiger partial charge in [-0.05, 0) is 19.8 Å². The van der Waals surface area contributed by atoms with Crippen LogP contribution in [-0.2, 0) is 9.53 Å². The molecule has 1 saturated carbocycles. The Hall–Kier alpha value is -0.530. The molecule has 0 N–H and O–H groups in total. The molecule has 2 heteroatoms. The molecule has 0 saturated heterocycles. The SMILES string of the molecule is CC(=O)OC1(C)CC1. The van der Waals surface area contributed by atoms with Crippen LogP contribution in [0.3, 0.4) is 0 Å². The highest BCUT2D eigenvalue weighted by Gasteiger charge is 2.40. The molecule has 0 heterocycles. The molecule has 0 aliphatic heterocycles. The summed E-state index contributed by atoms with van der Waals surface area (Å²) in [6.07, 6.45) is 2.07. The quantitative estimate of drug-likeness (QED) is 0.477. The van der Waals surface area contributed by atoms with Crippen LogP contribution in [0.15, 0.2) is 0 Å². The summed E-state index contributed by atoms with van der Waals surface area (Å²) >= 11 is 0. The van der Waals surface area contributed by atoms with E-state index in [4.69, 9.17) is 4.74 Å². The Morgan fingerprint density at radius 3 is 2.25 bits per heavy atom. The lowest BCUT2D eigenvalue weighted by atomic mass is 10.4. The molecule has 8 heavy (non-hydrogen) atoms. The Morgan fingerprint density at radius 1 is 1.62 bits per heavy atom. The molecule has 0 bridgehead atoms. The summed E-state index contributed by atoms with van der Waals surface area (Å²) < 4.78 is 4.91. The molecular formula is C6H10O2. The maximum Gasteiger partial charge on any atom is 0.303 e. The second kappa shape index (κ2) is 1.47. The topological polar surface area (TPSA) is 26.3 Å². The second-order valence-corrected chi connectivity index (χ2v) is 2.54. The van der Waals surface area contributed by atoms with Gasteiger partial charge >= 0.3 is 5.97 Å². The van der Waals surface area contributed by atoms with E-state index in [-0.39, 0.29) is 11.6 Å². The summed E-state index contributed by atoms with van der Waals surface area (Å²) in [6.45, 7) is 3.40. The monoisotopic (exact) mass is 114 g/mol. The Kier molecular flexibility index (Phi) is 1.03. The molecule has 1 aliphatic rings. The van der Waals surface area contributed by atoms with Crippen molar-refractivity contribution in [1.82, 2.24) is 0 Å². The first-order valence-corrected chi connectivity index (χ1v) is 2.82. The van der Waals surface area contributed by atoms with Crippen molar-refractivity contribution in [3.05, 3.63) is 0 Å². The van der Waals surface area contributed by atoms with Crippen molar-refractivity contribution in [2.24, 2.45) is 0 Å². The summed E-state index contributed by atoms with van der Waals surface area (Å²) in [5.74, 6) is -0.162. The molecule has 0 spiro atoms. The number of hydrogen-bond acceptors (Lipinski definition) is 2. The molecular weight excluding hydrogens is 104 g/mol. The van der Waals surface area contributed by atoms with E-state index in [0.29, 0.717) is 0 Å². The molecule has 0 aromatic rings. The average Bonchev–Trinajstić information content (AvgIpc) is 2.17. The van der Waals surface area contributed by atoms with Gasteiger partial charge in [0.05, 0.1) is 0 Å². The van der Waals surface area contributed by atoms with E-state index in [1.54, 1.807) is 0 Å². The molecule has 1 aliphatic carbocycles. The van der Waals surface area contributed by atoms with Gasteiger partial charge in [-0.3, -0.25) is 4.79 Å². The van der Waals surface area contributed by atoms with Crippen LogP contribution < -0.4 is 0 Å². The van der Waals surface area contributed by atoms with Crippen molar-refractivity contribution in [3.8, 4) is 0 Å². The number of carbonyl (C=O) groups is 1. The van der Waals surface area contributed by atoms with Crippen LogP contribution in [0.1, 0.15) is 26.7 Å².